The molecule has 1 atom stereocenters. The fraction of sp³-hybridized carbons (Fsp3) is 0.455. The second-order valence-corrected chi connectivity index (χ2v) is 5.85. The minimum atomic E-state index is -3.92. The third-order valence-corrected chi connectivity index (χ3v) is 3.94. The third kappa shape index (κ3) is 4.13. The zero-order valence-electron chi connectivity index (χ0n) is 10.7. The van der Waals surface area contributed by atoms with Crippen LogP contribution in [0.1, 0.15) is 5.56 Å². The summed E-state index contributed by atoms with van der Waals surface area (Å²) < 4.78 is 44.0. The minimum Gasteiger partial charge on any atom is -0.398 e. The molecule has 0 heterocycles. The number of hydrogen-bond acceptors (Lipinski definition) is 5. The van der Waals surface area contributed by atoms with Crippen molar-refractivity contribution < 1.29 is 22.7 Å². The fourth-order valence-electron chi connectivity index (χ4n) is 1.37. The minimum absolute atomic E-state index is 0.00703. The molecule has 19 heavy (non-hydrogen) atoms. The zero-order valence-corrected chi connectivity index (χ0v) is 11.5. The molecule has 6 nitrogen and oxygen atoms in total. The summed E-state index contributed by atoms with van der Waals surface area (Å²) in [6.07, 6.45) is -0.979. The molecule has 0 bridgehead atoms. The van der Waals surface area contributed by atoms with Gasteiger partial charge in [-0.2, -0.15) is 0 Å². The first kappa shape index (κ1) is 15.8. The molecule has 0 aliphatic rings. The van der Waals surface area contributed by atoms with Crippen LogP contribution in [-0.2, 0) is 14.8 Å². The van der Waals surface area contributed by atoms with E-state index in [1.807, 2.05) is 0 Å². The number of nitrogens with two attached hydrogens (primary N) is 1. The van der Waals surface area contributed by atoms with Crippen molar-refractivity contribution in [2.24, 2.45) is 0 Å². The molecule has 0 fully saturated rings. The van der Waals surface area contributed by atoms with Crippen molar-refractivity contribution in [3.63, 3.8) is 0 Å². The molecule has 0 aliphatic heterocycles. The quantitative estimate of drug-likeness (QED) is 0.641. The smallest absolute Gasteiger partial charge is 0.240 e. The Morgan fingerprint density at radius 2 is 2.16 bits per heavy atom. The Morgan fingerprint density at radius 1 is 1.53 bits per heavy atom. The molecule has 0 spiro atoms. The number of ether oxygens (including phenoxy) is 1. The number of halogens is 1. The molecule has 0 aliphatic carbocycles. The van der Waals surface area contributed by atoms with E-state index in [0.717, 1.165) is 6.07 Å². The van der Waals surface area contributed by atoms with Gasteiger partial charge in [-0.15, -0.1) is 0 Å². The number of sulfonamides is 1. The molecule has 108 valence electrons. The van der Waals surface area contributed by atoms with Crippen molar-refractivity contribution in [2.75, 3.05) is 26.0 Å². The van der Waals surface area contributed by atoms with E-state index >= 15 is 0 Å². The molecule has 1 rings (SSSR count). The summed E-state index contributed by atoms with van der Waals surface area (Å²) in [5.41, 5.74) is 5.77. The summed E-state index contributed by atoms with van der Waals surface area (Å²) >= 11 is 0. The van der Waals surface area contributed by atoms with E-state index in [2.05, 4.69) is 9.46 Å². The molecule has 8 heteroatoms. The van der Waals surface area contributed by atoms with Crippen molar-refractivity contribution in [1.82, 2.24) is 4.72 Å². The van der Waals surface area contributed by atoms with Crippen LogP contribution < -0.4 is 10.5 Å². The van der Waals surface area contributed by atoms with Crippen molar-refractivity contribution in [1.29, 1.82) is 0 Å². The molecule has 0 aromatic heterocycles. The Bertz CT molecular complexity index is 525. The van der Waals surface area contributed by atoms with Crippen molar-refractivity contribution >= 4 is 15.7 Å². The van der Waals surface area contributed by atoms with Gasteiger partial charge in [-0.3, -0.25) is 0 Å². The number of nitrogen functional groups attached to an aromatic ring is 1. The maximum atomic E-state index is 13.4. The van der Waals surface area contributed by atoms with Gasteiger partial charge in [0.2, 0.25) is 10.0 Å². The van der Waals surface area contributed by atoms with Crippen molar-refractivity contribution in [3.8, 4) is 0 Å². The Kier molecular flexibility index (Phi) is 5.24. The van der Waals surface area contributed by atoms with E-state index in [1.165, 1.54) is 20.1 Å². The number of methoxy groups -OCH3 is 1. The Morgan fingerprint density at radius 3 is 2.68 bits per heavy atom. The molecule has 1 aromatic rings. The lowest BCUT2D eigenvalue weighted by Crippen LogP contribution is -2.34. The first-order valence-electron chi connectivity index (χ1n) is 5.50. The van der Waals surface area contributed by atoms with Crippen LogP contribution in [0, 0.1) is 12.7 Å². The van der Waals surface area contributed by atoms with Crippen LogP contribution in [0.2, 0.25) is 0 Å². The van der Waals surface area contributed by atoms with Crippen molar-refractivity contribution in [2.45, 2.75) is 17.9 Å². The van der Waals surface area contributed by atoms with Gasteiger partial charge in [0, 0.05) is 24.9 Å². The SMILES string of the molecule is COCC(O)CNS(=O)(=O)c1cc(N)c(C)c(F)c1. The average Bonchev–Trinajstić information content (AvgIpc) is 2.33. The normalized spacial score (nSPS) is 13.5. The van der Waals surface area contributed by atoms with Crippen LogP contribution in [0.25, 0.3) is 0 Å². The number of hydrogen-bond donors (Lipinski definition) is 3. The monoisotopic (exact) mass is 292 g/mol. The molecule has 1 aromatic carbocycles. The van der Waals surface area contributed by atoms with Gasteiger partial charge in [-0.25, -0.2) is 17.5 Å². The summed E-state index contributed by atoms with van der Waals surface area (Å²) in [6, 6.07) is 2.06. The second kappa shape index (κ2) is 6.29. The van der Waals surface area contributed by atoms with E-state index < -0.39 is 21.9 Å². The fourth-order valence-corrected chi connectivity index (χ4v) is 2.49. The third-order valence-electron chi connectivity index (χ3n) is 2.54. The van der Waals surface area contributed by atoms with Gasteiger partial charge in [0.15, 0.2) is 0 Å². The summed E-state index contributed by atoms with van der Waals surface area (Å²) in [7, 11) is -2.54. The van der Waals surface area contributed by atoms with Crippen LogP contribution in [0.5, 0.6) is 0 Å². The van der Waals surface area contributed by atoms with E-state index in [4.69, 9.17) is 5.73 Å². The van der Waals surface area contributed by atoms with Crippen LogP contribution >= 0.6 is 0 Å². The molecular formula is C11H17FN2O4S. The highest BCUT2D eigenvalue weighted by Gasteiger charge is 2.18. The predicted octanol–water partition coefficient (Wildman–Crippen LogP) is 0.00192. The maximum absolute atomic E-state index is 13.4. The van der Waals surface area contributed by atoms with Crippen LogP contribution in [-0.4, -0.2) is 39.9 Å². The van der Waals surface area contributed by atoms with E-state index in [9.17, 15) is 17.9 Å². The lowest BCUT2D eigenvalue weighted by molar-refractivity contribution is 0.0679. The second-order valence-electron chi connectivity index (χ2n) is 4.08. The number of nitrogens with one attached hydrogen (secondary N) is 1. The molecular weight excluding hydrogens is 275 g/mol. The van der Waals surface area contributed by atoms with Crippen LogP contribution in [0.4, 0.5) is 10.1 Å². The van der Waals surface area contributed by atoms with Gasteiger partial charge in [-0.1, -0.05) is 0 Å². The van der Waals surface area contributed by atoms with Crippen LogP contribution in [0.3, 0.4) is 0 Å². The number of aliphatic hydroxyl groups excluding tert-OH is 1. The summed E-state index contributed by atoms with van der Waals surface area (Å²) in [6.45, 7) is 1.22. The Labute approximate surface area is 111 Å². The first-order chi connectivity index (χ1) is 8.77. The van der Waals surface area contributed by atoms with Gasteiger partial charge in [-0.05, 0) is 19.1 Å². The summed E-state index contributed by atoms with van der Waals surface area (Å²) in [4.78, 5) is -0.280. The molecule has 0 radical (unpaired) electrons. The lowest BCUT2D eigenvalue weighted by Gasteiger charge is -2.12. The Balaban J connectivity index is 2.89. The highest BCUT2D eigenvalue weighted by molar-refractivity contribution is 7.89. The highest BCUT2D eigenvalue weighted by Crippen LogP contribution is 2.20. The highest BCUT2D eigenvalue weighted by atomic mass is 32.2. The van der Waals surface area contributed by atoms with E-state index in [0.29, 0.717) is 0 Å². The maximum Gasteiger partial charge on any atom is 0.240 e. The number of aliphatic hydroxyl groups is 1. The number of anilines is 1. The zero-order chi connectivity index (χ0) is 14.6. The predicted molar refractivity (Wildman–Crippen MR) is 68.6 cm³/mol. The molecule has 0 saturated carbocycles. The topological polar surface area (TPSA) is 102 Å². The van der Waals surface area contributed by atoms with Crippen LogP contribution in [0.15, 0.2) is 17.0 Å². The molecule has 0 amide bonds. The van der Waals surface area contributed by atoms with Gasteiger partial charge < -0.3 is 15.6 Å². The van der Waals surface area contributed by atoms with E-state index in [1.54, 1.807) is 0 Å². The molecule has 0 saturated heterocycles. The number of benzene rings is 1. The first-order valence-corrected chi connectivity index (χ1v) is 6.98. The van der Waals surface area contributed by atoms with E-state index in [-0.39, 0.29) is 29.3 Å². The summed E-state index contributed by atoms with van der Waals surface area (Å²) in [5.74, 6) is -0.696. The van der Waals surface area contributed by atoms with Gasteiger partial charge in [0.25, 0.3) is 0 Å². The number of rotatable bonds is 6. The van der Waals surface area contributed by atoms with Gasteiger partial charge in [0.05, 0.1) is 17.6 Å². The average molecular weight is 292 g/mol. The molecule has 4 N–H and O–H groups in total. The lowest BCUT2D eigenvalue weighted by atomic mass is 10.2. The van der Waals surface area contributed by atoms with Gasteiger partial charge in [0.1, 0.15) is 5.82 Å². The standard InChI is InChI=1S/C11H17FN2O4S/c1-7-10(12)3-9(4-11(7)13)19(16,17)14-5-8(15)6-18-2/h3-4,8,14-15H,5-6,13H2,1-2H3. The van der Waals surface area contributed by atoms with Gasteiger partial charge >= 0.3 is 0 Å². The Hall–Kier alpha value is -1.22. The van der Waals surface area contributed by atoms with Crippen molar-refractivity contribution in [3.05, 3.63) is 23.5 Å². The largest absolute Gasteiger partial charge is 0.398 e. The summed E-state index contributed by atoms with van der Waals surface area (Å²) in [5, 5.41) is 9.36. The molecule has 1 unspecified atom stereocenters.